The predicted octanol–water partition coefficient (Wildman–Crippen LogP) is 2.69. The molecule has 33 heavy (non-hydrogen) atoms. The summed E-state index contributed by atoms with van der Waals surface area (Å²) in [6.45, 7) is 7.49. The van der Waals surface area contributed by atoms with E-state index in [0.29, 0.717) is 23.4 Å². The van der Waals surface area contributed by atoms with Crippen molar-refractivity contribution >= 4 is 23.8 Å². The fourth-order valence-corrected chi connectivity index (χ4v) is 3.54. The number of hydrogen-bond acceptors (Lipinski definition) is 4. The molecule has 174 valence electrons. The minimum atomic E-state index is -1.13. The van der Waals surface area contributed by atoms with Crippen LogP contribution in [0.5, 0.6) is 0 Å². The highest BCUT2D eigenvalue weighted by Crippen LogP contribution is 2.23. The van der Waals surface area contributed by atoms with Gasteiger partial charge in [-0.3, -0.25) is 19.8 Å². The van der Waals surface area contributed by atoms with Gasteiger partial charge in [0.05, 0.1) is 6.54 Å². The molecule has 8 nitrogen and oxygen atoms in total. The van der Waals surface area contributed by atoms with Crippen LogP contribution in [-0.2, 0) is 21.4 Å². The van der Waals surface area contributed by atoms with Crippen LogP contribution in [0, 0.1) is 0 Å². The monoisotopic (exact) mass is 450 g/mol. The van der Waals surface area contributed by atoms with Gasteiger partial charge in [0.2, 0.25) is 0 Å². The lowest BCUT2D eigenvalue weighted by Gasteiger charge is -2.21. The van der Waals surface area contributed by atoms with Crippen molar-refractivity contribution in [1.29, 1.82) is 0 Å². The zero-order chi connectivity index (χ0) is 24.2. The first kappa shape index (κ1) is 24.0. The van der Waals surface area contributed by atoms with Crippen molar-refractivity contribution in [3.05, 3.63) is 71.3 Å². The van der Waals surface area contributed by atoms with Crippen molar-refractivity contribution in [3.8, 4) is 0 Å². The van der Waals surface area contributed by atoms with E-state index in [1.165, 1.54) is 0 Å². The maximum atomic E-state index is 12.8. The van der Waals surface area contributed by atoms with Crippen LogP contribution < -0.4 is 16.1 Å². The van der Waals surface area contributed by atoms with Crippen LogP contribution in [0.2, 0.25) is 0 Å². The van der Waals surface area contributed by atoms with Crippen LogP contribution in [0.25, 0.3) is 0 Å². The smallest absolute Gasteiger partial charge is 0.343 e. The molecule has 1 aliphatic heterocycles. The van der Waals surface area contributed by atoms with Crippen molar-refractivity contribution in [1.82, 2.24) is 21.1 Å². The van der Waals surface area contributed by atoms with Gasteiger partial charge in [0.25, 0.3) is 17.7 Å². The molecule has 1 saturated heterocycles. The highest BCUT2D eigenvalue weighted by Gasteiger charge is 2.48. The van der Waals surface area contributed by atoms with Gasteiger partial charge in [-0.15, -0.1) is 0 Å². The molecule has 0 aliphatic carbocycles. The first-order valence-electron chi connectivity index (χ1n) is 10.9. The molecule has 1 fully saturated rings. The number of rotatable bonds is 7. The van der Waals surface area contributed by atoms with E-state index in [-0.39, 0.29) is 12.0 Å². The molecule has 3 N–H and O–H groups in total. The van der Waals surface area contributed by atoms with Gasteiger partial charge in [0.1, 0.15) is 5.54 Å². The number of carbonyl (C=O) groups excluding carboxylic acids is 4. The molecule has 2 aromatic rings. The Labute approximate surface area is 193 Å². The molecule has 0 saturated carbocycles. The number of benzene rings is 2. The number of hydrazine groups is 1. The third-order valence-corrected chi connectivity index (χ3v) is 5.68. The Morgan fingerprint density at radius 3 is 2.24 bits per heavy atom. The third kappa shape index (κ3) is 5.77. The zero-order valence-corrected chi connectivity index (χ0v) is 19.4. The molecule has 5 amide bonds. The summed E-state index contributed by atoms with van der Waals surface area (Å²) in [5.74, 6) is -1.64. The highest BCUT2D eigenvalue weighted by atomic mass is 16.2. The van der Waals surface area contributed by atoms with Crippen molar-refractivity contribution in [3.63, 3.8) is 0 Å². The molecule has 1 atom stereocenters. The number of nitrogens with zero attached hydrogens (tertiary/aromatic N) is 1. The van der Waals surface area contributed by atoms with E-state index in [1.807, 2.05) is 42.5 Å². The number of nitrogens with one attached hydrogen (secondary N) is 3. The molecule has 8 heteroatoms. The molecule has 1 heterocycles. The number of carbonyl (C=O) groups is 4. The summed E-state index contributed by atoms with van der Waals surface area (Å²) in [5.41, 5.74) is 3.67. The lowest BCUT2D eigenvalue weighted by molar-refractivity contribution is -0.138. The number of imide groups is 1. The van der Waals surface area contributed by atoms with Gasteiger partial charge < -0.3 is 10.6 Å². The molecule has 1 aliphatic rings. The van der Waals surface area contributed by atoms with E-state index < -0.39 is 29.3 Å². The van der Waals surface area contributed by atoms with Crippen LogP contribution in [0.1, 0.15) is 55.6 Å². The summed E-state index contributed by atoms with van der Waals surface area (Å²) in [5, 5.41) is 5.83. The van der Waals surface area contributed by atoms with Crippen LogP contribution in [0.15, 0.2) is 54.6 Å². The topological polar surface area (TPSA) is 108 Å². The average Bonchev–Trinajstić information content (AvgIpc) is 2.99. The Morgan fingerprint density at radius 2 is 1.64 bits per heavy atom. The van der Waals surface area contributed by atoms with Gasteiger partial charge in [0.15, 0.2) is 0 Å². The lowest BCUT2D eigenvalue weighted by Crippen LogP contribution is -2.51. The predicted molar refractivity (Wildman–Crippen MR) is 124 cm³/mol. The molecule has 0 radical (unpaired) electrons. The molecule has 1 unspecified atom stereocenters. The van der Waals surface area contributed by atoms with Gasteiger partial charge in [-0.2, -0.15) is 5.01 Å². The van der Waals surface area contributed by atoms with E-state index in [0.717, 1.165) is 11.1 Å². The van der Waals surface area contributed by atoms with E-state index in [9.17, 15) is 19.2 Å². The number of hydrogen-bond donors (Lipinski definition) is 3. The Hall–Kier alpha value is -3.68. The summed E-state index contributed by atoms with van der Waals surface area (Å²) < 4.78 is 0. The molecule has 0 bridgehead atoms. The van der Waals surface area contributed by atoms with Crippen molar-refractivity contribution in [2.45, 2.75) is 51.5 Å². The summed E-state index contributed by atoms with van der Waals surface area (Å²) >= 11 is 0. The summed E-state index contributed by atoms with van der Waals surface area (Å²) in [6.07, 6.45) is 0.977. The lowest BCUT2D eigenvalue weighted by atomic mass is 9.87. The summed E-state index contributed by atoms with van der Waals surface area (Å²) in [4.78, 5) is 49.8. The minimum absolute atomic E-state index is 0.0344. The number of urea groups is 1. The summed E-state index contributed by atoms with van der Waals surface area (Å²) in [7, 11) is 0. The van der Waals surface area contributed by atoms with Gasteiger partial charge in [-0.25, -0.2) is 4.79 Å². The minimum Gasteiger partial charge on any atom is -0.343 e. The molecule has 2 aromatic carbocycles. The maximum Gasteiger partial charge on any atom is 0.344 e. The molecular formula is C25H30N4O4. The molecule has 0 aromatic heterocycles. The van der Waals surface area contributed by atoms with Gasteiger partial charge in [-0.1, -0.05) is 63.2 Å². The van der Waals surface area contributed by atoms with Crippen LogP contribution in [0.4, 0.5) is 4.79 Å². The normalized spacial score (nSPS) is 18.1. The fraction of sp³-hybridized carbons (Fsp3) is 0.360. The highest BCUT2D eigenvalue weighted by molar-refractivity contribution is 6.08. The second kappa shape index (κ2) is 9.44. The van der Waals surface area contributed by atoms with E-state index >= 15 is 0 Å². The standard InChI is InChI=1S/C25H30N4O4/c1-24(2,3)19-12-10-18(11-13-19)21(31)26-16-20(30)28-29-22(32)25(4,27-23(29)33)15-14-17-8-6-5-7-9-17/h5-13H,14-16H2,1-4H3,(H,26,31)(H,27,33)(H,28,30). The Balaban J connectivity index is 1.52. The number of aryl methyl sites for hydroxylation is 1. The zero-order valence-electron chi connectivity index (χ0n) is 19.4. The number of amides is 5. The molecule has 3 rings (SSSR count). The Kier molecular flexibility index (Phi) is 6.86. The van der Waals surface area contributed by atoms with Gasteiger partial charge in [-0.05, 0) is 48.4 Å². The van der Waals surface area contributed by atoms with Crippen LogP contribution in [0.3, 0.4) is 0 Å². The largest absolute Gasteiger partial charge is 0.344 e. The first-order chi connectivity index (χ1) is 15.5. The van der Waals surface area contributed by atoms with Gasteiger partial charge >= 0.3 is 6.03 Å². The quantitative estimate of drug-likeness (QED) is 0.564. The van der Waals surface area contributed by atoms with E-state index in [4.69, 9.17) is 0 Å². The summed E-state index contributed by atoms with van der Waals surface area (Å²) in [6, 6.07) is 16.1. The SMILES string of the molecule is CC1(CCc2ccccc2)NC(=O)N(NC(=O)CNC(=O)c2ccc(C(C)(C)C)cc2)C1=O. The first-order valence-corrected chi connectivity index (χ1v) is 10.9. The van der Waals surface area contributed by atoms with Crippen LogP contribution in [-0.4, -0.2) is 40.8 Å². The molecular weight excluding hydrogens is 420 g/mol. The van der Waals surface area contributed by atoms with Gasteiger partial charge in [0, 0.05) is 5.56 Å². The van der Waals surface area contributed by atoms with E-state index in [1.54, 1.807) is 19.1 Å². The van der Waals surface area contributed by atoms with Crippen molar-refractivity contribution in [2.75, 3.05) is 6.54 Å². The fourth-order valence-electron chi connectivity index (χ4n) is 3.54. The third-order valence-electron chi connectivity index (χ3n) is 5.68. The average molecular weight is 451 g/mol. The molecule has 0 spiro atoms. The van der Waals surface area contributed by atoms with Crippen molar-refractivity contribution < 1.29 is 19.2 Å². The Morgan fingerprint density at radius 1 is 1.00 bits per heavy atom. The maximum absolute atomic E-state index is 12.8. The Bertz CT molecular complexity index is 1040. The second-order valence-corrected chi connectivity index (χ2v) is 9.43. The second-order valence-electron chi connectivity index (χ2n) is 9.43. The van der Waals surface area contributed by atoms with Crippen molar-refractivity contribution in [2.24, 2.45) is 0 Å². The van der Waals surface area contributed by atoms with Crippen LogP contribution >= 0.6 is 0 Å². The van der Waals surface area contributed by atoms with E-state index in [2.05, 4.69) is 36.8 Å².